The van der Waals surface area contributed by atoms with E-state index in [9.17, 15) is 4.79 Å². The van der Waals surface area contributed by atoms with Crippen molar-refractivity contribution in [3.8, 4) is 0 Å². The highest BCUT2D eigenvalue weighted by molar-refractivity contribution is 5.86. The second-order valence-electron chi connectivity index (χ2n) is 8.99. The summed E-state index contributed by atoms with van der Waals surface area (Å²) in [5, 5.41) is 8.19. The quantitative estimate of drug-likeness (QED) is 0.784. The van der Waals surface area contributed by atoms with Crippen molar-refractivity contribution in [1.29, 1.82) is 0 Å². The average molecular weight is 395 g/mol. The van der Waals surface area contributed by atoms with Crippen LogP contribution < -0.4 is 10.6 Å². The van der Waals surface area contributed by atoms with Gasteiger partial charge in [-0.25, -0.2) is 4.79 Å². The summed E-state index contributed by atoms with van der Waals surface area (Å²) in [6.07, 6.45) is 8.80. The van der Waals surface area contributed by atoms with E-state index in [1.807, 2.05) is 0 Å². The summed E-state index contributed by atoms with van der Waals surface area (Å²) in [5.41, 5.74) is 1.20. The molecule has 156 valence electrons. The highest BCUT2D eigenvalue weighted by Crippen LogP contribution is 2.27. The van der Waals surface area contributed by atoms with Crippen LogP contribution >= 0.6 is 0 Å². The number of hydrogen-bond donors (Lipinski definition) is 2. The monoisotopic (exact) mass is 394 g/mol. The van der Waals surface area contributed by atoms with Gasteiger partial charge < -0.3 is 15.5 Å². The molecule has 1 saturated carbocycles. The zero-order chi connectivity index (χ0) is 20.1. The van der Waals surface area contributed by atoms with E-state index in [0.29, 0.717) is 12.0 Å². The van der Waals surface area contributed by atoms with Gasteiger partial charge in [-0.05, 0) is 42.0 Å². The van der Waals surface area contributed by atoms with Gasteiger partial charge in [0, 0.05) is 25.4 Å². The van der Waals surface area contributed by atoms with Crippen LogP contribution in [0.3, 0.4) is 0 Å². The summed E-state index contributed by atoms with van der Waals surface area (Å²) in [6, 6.07) is 15.3. The first-order valence-corrected chi connectivity index (χ1v) is 11.6. The molecule has 0 aromatic heterocycles. The third-order valence-corrected chi connectivity index (χ3v) is 6.92. The zero-order valence-electron chi connectivity index (χ0n) is 17.8. The van der Waals surface area contributed by atoms with Crippen LogP contribution in [0.4, 0.5) is 4.79 Å². The molecule has 0 radical (unpaired) electrons. The second kappa shape index (κ2) is 9.62. The van der Waals surface area contributed by atoms with E-state index in [1.165, 1.54) is 48.4 Å². The molecule has 4 nitrogen and oxygen atoms in total. The molecule has 4 rings (SSSR count). The van der Waals surface area contributed by atoms with Crippen molar-refractivity contribution in [3.05, 3.63) is 48.0 Å². The van der Waals surface area contributed by atoms with Crippen LogP contribution in [0, 0.1) is 5.92 Å². The van der Waals surface area contributed by atoms with E-state index in [4.69, 9.17) is 0 Å². The summed E-state index contributed by atoms with van der Waals surface area (Å²) >= 11 is 0. The molecule has 2 amide bonds. The molecule has 1 atom stereocenters. The summed E-state index contributed by atoms with van der Waals surface area (Å²) < 4.78 is 0. The van der Waals surface area contributed by atoms with Gasteiger partial charge in [-0.1, -0.05) is 61.7 Å². The van der Waals surface area contributed by atoms with Crippen LogP contribution in [0.2, 0.25) is 0 Å². The molecule has 2 fully saturated rings. The van der Waals surface area contributed by atoms with Gasteiger partial charge in [0.05, 0.1) is 19.1 Å². The molecule has 1 saturated heterocycles. The Kier molecular flexibility index (Phi) is 6.70. The third-order valence-electron chi connectivity index (χ3n) is 6.92. The number of rotatable bonds is 5. The number of nitrogens with one attached hydrogen (secondary N) is 1. The van der Waals surface area contributed by atoms with Crippen LogP contribution in [0.15, 0.2) is 42.5 Å². The van der Waals surface area contributed by atoms with Crippen molar-refractivity contribution < 1.29 is 10.1 Å². The van der Waals surface area contributed by atoms with Gasteiger partial charge in [-0.3, -0.25) is 0 Å². The number of nitrogens with two attached hydrogens (primary N) is 1. The maximum atomic E-state index is 13.4. The molecule has 2 aromatic rings. The Morgan fingerprint density at radius 2 is 1.76 bits per heavy atom. The molecule has 1 aliphatic heterocycles. The average Bonchev–Trinajstić information content (AvgIpc) is 2.78. The maximum Gasteiger partial charge on any atom is 0.318 e. The van der Waals surface area contributed by atoms with Crippen molar-refractivity contribution in [1.82, 2.24) is 10.2 Å². The van der Waals surface area contributed by atoms with E-state index in [1.54, 1.807) is 0 Å². The van der Waals surface area contributed by atoms with Crippen molar-refractivity contribution >= 4 is 16.8 Å². The number of urea groups is 1. The summed E-state index contributed by atoms with van der Waals surface area (Å²) in [5.74, 6) is 0.674. The Hall–Kier alpha value is -2.07. The molecular formula is C25H36N3O+. The first-order chi connectivity index (χ1) is 14.2. The molecule has 0 bridgehead atoms. The van der Waals surface area contributed by atoms with Crippen molar-refractivity contribution in [3.63, 3.8) is 0 Å². The summed E-state index contributed by atoms with van der Waals surface area (Å²) in [7, 11) is 0. The zero-order valence-corrected chi connectivity index (χ0v) is 17.8. The largest absolute Gasteiger partial charge is 0.346 e. The molecule has 2 aromatic carbocycles. The molecule has 1 heterocycles. The number of carbonyl (C=O) groups is 1. The fraction of sp³-hybridized carbons (Fsp3) is 0.560. The minimum absolute atomic E-state index is 0.00221. The molecule has 4 heteroatoms. The first-order valence-electron chi connectivity index (χ1n) is 11.6. The number of amides is 2. The lowest BCUT2D eigenvalue weighted by atomic mass is 9.88. The number of quaternary nitrogens is 1. The normalized spacial score (nSPS) is 19.8. The molecular weight excluding hydrogens is 358 g/mol. The smallest absolute Gasteiger partial charge is 0.318 e. The summed E-state index contributed by atoms with van der Waals surface area (Å²) in [4.78, 5) is 15.6. The standard InChI is InChI=1S/C25H35N3O/c1-19(23-13-7-11-21-10-5-6-12-24(21)23)27-25(29)28(22-14-16-26-17-15-22)18-20-8-3-2-4-9-20/h5-7,10-13,19-20,22,26H,2-4,8-9,14-18H2,1H3,(H,27,29)/p+1. The van der Waals surface area contributed by atoms with E-state index >= 15 is 0 Å². The Morgan fingerprint density at radius 1 is 1.03 bits per heavy atom. The van der Waals surface area contributed by atoms with Crippen LogP contribution in [-0.2, 0) is 0 Å². The van der Waals surface area contributed by atoms with Gasteiger partial charge in [-0.2, -0.15) is 0 Å². The van der Waals surface area contributed by atoms with Crippen LogP contribution in [0.25, 0.3) is 10.8 Å². The van der Waals surface area contributed by atoms with E-state index in [2.05, 4.69) is 64.9 Å². The third kappa shape index (κ3) is 4.92. The lowest BCUT2D eigenvalue weighted by Crippen LogP contribution is -2.87. The van der Waals surface area contributed by atoms with Crippen molar-refractivity contribution in [2.24, 2.45) is 5.92 Å². The number of piperidine rings is 1. The predicted octanol–water partition coefficient (Wildman–Crippen LogP) is 4.22. The predicted molar refractivity (Wildman–Crippen MR) is 119 cm³/mol. The highest BCUT2D eigenvalue weighted by Gasteiger charge is 2.30. The fourth-order valence-corrected chi connectivity index (χ4v) is 5.24. The highest BCUT2D eigenvalue weighted by atomic mass is 16.2. The van der Waals surface area contributed by atoms with Crippen molar-refractivity contribution in [2.75, 3.05) is 19.6 Å². The van der Waals surface area contributed by atoms with Crippen molar-refractivity contribution in [2.45, 2.75) is 64.0 Å². The minimum atomic E-state index is -0.00221. The number of hydrogen-bond acceptors (Lipinski definition) is 1. The van der Waals surface area contributed by atoms with E-state index < -0.39 is 0 Å². The molecule has 29 heavy (non-hydrogen) atoms. The number of carbonyl (C=O) groups excluding carboxylic acids is 1. The summed E-state index contributed by atoms with van der Waals surface area (Å²) in [6.45, 7) is 5.32. The van der Waals surface area contributed by atoms with Crippen LogP contribution in [0.5, 0.6) is 0 Å². The van der Waals surface area contributed by atoms with Gasteiger partial charge >= 0.3 is 6.03 Å². The molecule has 1 aliphatic carbocycles. The van der Waals surface area contributed by atoms with Gasteiger partial charge in [-0.15, -0.1) is 0 Å². The molecule has 0 spiro atoms. The minimum Gasteiger partial charge on any atom is -0.346 e. The fourth-order valence-electron chi connectivity index (χ4n) is 5.24. The van der Waals surface area contributed by atoms with Crippen LogP contribution in [-0.4, -0.2) is 36.6 Å². The Labute approximate surface area is 175 Å². The number of benzene rings is 2. The lowest BCUT2D eigenvalue weighted by Gasteiger charge is -2.37. The van der Waals surface area contributed by atoms with Gasteiger partial charge in [0.1, 0.15) is 0 Å². The number of fused-ring (bicyclic) bond motifs is 1. The van der Waals surface area contributed by atoms with E-state index in [0.717, 1.165) is 32.5 Å². The van der Waals surface area contributed by atoms with Gasteiger partial charge in [0.25, 0.3) is 0 Å². The Morgan fingerprint density at radius 3 is 2.55 bits per heavy atom. The first kappa shape index (κ1) is 20.2. The van der Waals surface area contributed by atoms with Gasteiger partial charge in [0.2, 0.25) is 0 Å². The van der Waals surface area contributed by atoms with Crippen LogP contribution in [0.1, 0.15) is 63.5 Å². The second-order valence-corrected chi connectivity index (χ2v) is 8.99. The number of nitrogens with zero attached hydrogens (tertiary/aromatic N) is 1. The molecule has 2 aliphatic rings. The molecule has 3 N–H and O–H groups in total. The topological polar surface area (TPSA) is 49.0 Å². The SMILES string of the molecule is CC(NC(=O)N(CC1CCCCC1)C1CC[NH2+]CC1)c1cccc2ccccc12. The van der Waals surface area contributed by atoms with E-state index in [-0.39, 0.29) is 12.1 Å². The lowest BCUT2D eigenvalue weighted by molar-refractivity contribution is -0.663. The van der Waals surface area contributed by atoms with Gasteiger partial charge in [0.15, 0.2) is 0 Å². The maximum absolute atomic E-state index is 13.4. The molecule has 1 unspecified atom stereocenters. The Balaban J connectivity index is 1.50. The Bertz CT molecular complexity index is 803.